The molecule has 0 aliphatic carbocycles. The molecule has 2 aliphatic rings. The van der Waals surface area contributed by atoms with Crippen LogP contribution in [0.1, 0.15) is 30.6 Å². The number of benzene rings is 1. The van der Waals surface area contributed by atoms with Crippen LogP contribution >= 0.6 is 22.7 Å². The maximum atomic E-state index is 13.5. The average molecular weight is 598 g/mol. The highest BCUT2D eigenvalue weighted by molar-refractivity contribution is 7.94. The summed E-state index contributed by atoms with van der Waals surface area (Å²) < 4.78 is 28.7. The molecule has 2 atom stereocenters. The van der Waals surface area contributed by atoms with Gasteiger partial charge in [0, 0.05) is 48.6 Å². The van der Waals surface area contributed by atoms with Gasteiger partial charge in [0.2, 0.25) is 0 Å². The average Bonchev–Trinajstić information content (AvgIpc) is 3.78. The molecular formula is C29H35N5O3S3. The van der Waals surface area contributed by atoms with E-state index in [0.717, 1.165) is 67.2 Å². The predicted molar refractivity (Wildman–Crippen MR) is 163 cm³/mol. The second-order valence-corrected chi connectivity index (χ2v) is 14.8. The van der Waals surface area contributed by atoms with Gasteiger partial charge in [-0.25, -0.2) is 13.4 Å². The van der Waals surface area contributed by atoms with Crippen molar-refractivity contribution < 1.29 is 13.5 Å². The van der Waals surface area contributed by atoms with Crippen molar-refractivity contribution in [2.45, 2.75) is 42.7 Å². The molecule has 4 aromatic rings. The highest BCUT2D eigenvalue weighted by Crippen LogP contribution is 2.36. The van der Waals surface area contributed by atoms with Crippen LogP contribution in [0.4, 0.5) is 5.69 Å². The van der Waals surface area contributed by atoms with Crippen LogP contribution in [0.15, 0.2) is 64.8 Å². The Labute approximate surface area is 243 Å². The van der Waals surface area contributed by atoms with Gasteiger partial charge in [0.25, 0.3) is 10.0 Å². The molecule has 212 valence electrons. The molecule has 11 heteroatoms. The van der Waals surface area contributed by atoms with E-state index in [1.807, 2.05) is 30.5 Å². The summed E-state index contributed by atoms with van der Waals surface area (Å²) in [5.41, 5.74) is 2.21. The molecule has 1 aromatic carbocycles. The lowest BCUT2D eigenvalue weighted by molar-refractivity contribution is -0.0510. The van der Waals surface area contributed by atoms with Gasteiger partial charge in [-0.05, 0) is 55.8 Å². The number of sulfonamides is 1. The summed E-state index contributed by atoms with van der Waals surface area (Å²) in [6.07, 6.45) is 7.75. The number of nitrogens with one attached hydrogen (secondary N) is 1. The number of fused-ring (bicyclic) bond motifs is 1. The van der Waals surface area contributed by atoms with Crippen LogP contribution in [-0.2, 0) is 16.6 Å². The Hall–Kier alpha value is -2.54. The number of hydrogen-bond acceptors (Lipinski definition) is 8. The Morgan fingerprint density at radius 1 is 1.20 bits per heavy atom. The van der Waals surface area contributed by atoms with Gasteiger partial charge < -0.3 is 10.1 Å². The van der Waals surface area contributed by atoms with E-state index < -0.39 is 10.0 Å². The number of thiazole rings is 1. The topological polar surface area (TPSA) is 92.8 Å². The fourth-order valence-electron chi connectivity index (χ4n) is 5.93. The summed E-state index contributed by atoms with van der Waals surface area (Å²) >= 11 is 2.86. The minimum absolute atomic E-state index is 0.165. The number of thiophene rings is 1. The van der Waals surface area contributed by atoms with Crippen LogP contribution < -0.4 is 4.31 Å². The molecule has 0 radical (unpaired) electrons. The molecular weight excluding hydrogens is 563 g/mol. The number of aliphatic hydroxyl groups is 1. The lowest BCUT2D eigenvalue weighted by atomic mass is 9.95. The van der Waals surface area contributed by atoms with E-state index in [4.69, 9.17) is 4.98 Å². The first kappa shape index (κ1) is 27.6. The number of H-pyrrole nitrogens is 1. The van der Waals surface area contributed by atoms with Crippen LogP contribution in [0.2, 0.25) is 0 Å². The van der Waals surface area contributed by atoms with Crippen molar-refractivity contribution in [1.29, 1.82) is 0 Å². The van der Waals surface area contributed by atoms with E-state index in [2.05, 4.69) is 21.4 Å². The molecule has 3 aromatic heterocycles. The first-order valence-corrected chi connectivity index (χ1v) is 17.0. The summed E-state index contributed by atoms with van der Waals surface area (Å²) in [6.45, 7) is 8.73. The number of rotatable bonds is 10. The van der Waals surface area contributed by atoms with Crippen molar-refractivity contribution in [3.63, 3.8) is 0 Å². The van der Waals surface area contributed by atoms with Crippen LogP contribution in [0.25, 0.3) is 21.6 Å². The number of piperidine rings is 1. The van der Waals surface area contributed by atoms with E-state index in [-0.39, 0.29) is 18.7 Å². The summed E-state index contributed by atoms with van der Waals surface area (Å²) in [7, 11) is -3.73. The molecule has 0 spiro atoms. The summed E-state index contributed by atoms with van der Waals surface area (Å²) in [5.74, 6) is 0.287. The molecule has 2 N–H and O–H groups in total. The Balaban J connectivity index is 1.21. The van der Waals surface area contributed by atoms with Crippen LogP contribution in [0.3, 0.4) is 0 Å². The molecule has 2 saturated heterocycles. The van der Waals surface area contributed by atoms with E-state index >= 15 is 0 Å². The van der Waals surface area contributed by atoms with Crippen molar-refractivity contribution in [1.82, 2.24) is 19.8 Å². The SMILES string of the molecule is C=CCN(c1cccc2cc(-c3ncc(CN4CCCC(C(O)N5CCCC5)C4)s3)[nH]c12)S(=O)(=O)c1cccs1. The van der Waals surface area contributed by atoms with E-state index in [1.165, 1.54) is 33.4 Å². The third kappa shape index (κ3) is 5.50. The standard InChI is InChI=1S/C29H35N5O3S3/c1-2-12-34(40(36,37)26-11-7-16-38-26)25-10-5-8-21-17-24(31-27(21)25)28-30-18-23(39-28)20-32-13-6-9-22(19-32)29(35)33-14-3-4-15-33/h2,5,7-8,10-11,16-18,22,29,31,35H,1,3-4,6,9,12-15,19-20H2. The zero-order valence-electron chi connectivity index (χ0n) is 22.4. The number of aliphatic hydroxyl groups excluding tert-OH is 1. The minimum atomic E-state index is -3.73. The molecule has 6 rings (SSSR count). The van der Waals surface area contributed by atoms with Crippen molar-refractivity contribution in [3.8, 4) is 10.7 Å². The summed E-state index contributed by atoms with van der Waals surface area (Å²) in [6, 6.07) is 11.1. The van der Waals surface area contributed by atoms with Crippen molar-refractivity contribution in [2.24, 2.45) is 5.92 Å². The van der Waals surface area contributed by atoms with Crippen molar-refractivity contribution >= 4 is 49.3 Å². The molecule has 8 nitrogen and oxygen atoms in total. The maximum absolute atomic E-state index is 13.5. The van der Waals surface area contributed by atoms with Gasteiger partial charge in [-0.2, -0.15) is 0 Å². The summed E-state index contributed by atoms with van der Waals surface area (Å²) in [4.78, 5) is 14.0. The Morgan fingerprint density at radius 2 is 2.05 bits per heavy atom. The number of likely N-dealkylation sites (tertiary alicyclic amines) is 2. The van der Waals surface area contributed by atoms with Gasteiger partial charge >= 0.3 is 0 Å². The number of anilines is 1. The number of aromatic amines is 1. The lowest BCUT2D eigenvalue weighted by Gasteiger charge is -2.37. The zero-order valence-corrected chi connectivity index (χ0v) is 24.9. The van der Waals surface area contributed by atoms with Gasteiger partial charge in [0.15, 0.2) is 0 Å². The molecule has 2 aliphatic heterocycles. The smallest absolute Gasteiger partial charge is 0.274 e. The maximum Gasteiger partial charge on any atom is 0.274 e. The molecule has 2 fully saturated rings. The predicted octanol–water partition coefficient (Wildman–Crippen LogP) is 5.36. The molecule has 2 unspecified atom stereocenters. The number of nitrogens with zero attached hydrogens (tertiary/aromatic N) is 4. The van der Waals surface area contributed by atoms with Gasteiger partial charge in [0.1, 0.15) is 15.4 Å². The Kier molecular flexibility index (Phi) is 8.11. The molecule has 5 heterocycles. The fourth-order valence-corrected chi connectivity index (χ4v) is 9.41. The van der Waals surface area contributed by atoms with Gasteiger partial charge in [-0.1, -0.05) is 24.3 Å². The number of aromatic nitrogens is 2. The van der Waals surface area contributed by atoms with Crippen LogP contribution in [0.5, 0.6) is 0 Å². The highest BCUT2D eigenvalue weighted by atomic mass is 32.2. The van der Waals surface area contributed by atoms with Crippen molar-refractivity contribution in [3.05, 3.63) is 65.5 Å². The quantitative estimate of drug-likeness (QED) is 0.239. The Morgan fingerprint density at radius 3 is 2.83 bits per heavy atom. The summed E-state index contributed by atoms with van der Waals surface area (Å²) in [5, 5.41) is 14.5. The van der Waals surface area contributed by atoms with Crippen molar-refractivity contribution in [2.75, 3.05) is 37.0 Å². The number of hydrogen-bond donors (Lipinski definition) is 2. The second kappa shape index (κ2) is 11.8. The largest absolute Gasteiger partial charge is 0.378 e. The lowest BCUT2D eigenvalue weighted by Crippen LogP contribution is -2.46. The van der Waals surface area contributed by atoms with Crippen LogP contribution in [-0.4, -0.2) is 72.2 Å². The highest BCUT2D eigenvalue weighted by Gasteiger charge is 2.31. The van der Waals surface area contributed by atoms with Crippen LogP contribution in [0, 0.1) is 5.92 Å². The van der Waals surface area contributed by atoms with E-state index in [9.17, 15) is 13.5 Å². The normalized spacial score (nSPS) is 19.8. The first-order chi connectivity index (χ1) is 19.4. The second-order valence-electron chi connectivity index (χ2n) is 10.6. The number of para-hydroxylation sites is 1. The fraction of sp³-hybridized carbons (Fsp3) is 0.414. The molecule has 0 saturated carbocycles. The van der Waals surface area contributed by atoms with E-state index in [1.54, 1.807) is 34.9 Å². The van der Waals surface area contributed by atoms with E-state index in [0.29, 0.717) is 9.90 Å². The third-order valence-electron chi connectivity index (χ3n) is 7.88. The molecule has 0 bridgehead atoms. The molecule has 40 heavy (non-hydrogen) atoms. The van der Waals surface area contributed by atoms with Gasteiger partial charge in [-0.15, -0.1) is 29.3 Å². The zero-order chi connectivity index (χ0) is 27.7. The monoisotopic (exact) mass is 597 g/mol. The van der Waals surface area contributed by atoms with Gasteiger partial charge in [0.05, 0.1) is 23.4 Å². The van der Waals surface area contributed by atoms with Gasteiger partial charge in [-0.3, -0.25) is 14.1 Å². The molecule has 0 amide bonds. The first-order valence-electron chi connectivity index (χ1n) is 13.8. The third-order valence-corrected chi connectivity index (χ3v) is 12.0. The minimum Gasteiger partial charge on any atom is -0.378 e. The Bertz CT molecular complexity index is 1560.